The second-order valence-corrected chi connectivity index (χ2v) is 7.04. The van der Waals surface area contributed by atoms with E-state index in [1.54, 1.807) is 13.8 Å². The van der Waals surface area contributed by atoms with Gasteiger partial charge in [-0.3, -0.25) is 14.4 Å². The summed E-state index contributed by atoms with van der Waals surface area (Å²) in [5.41, 5.74) is 5.90. The zero-order chi connectivity index (χ0) is 22.8. The number of nitrogens with one attached hydrogen (secondary N) is 4. The molecule has 1 heterocycles. The van der Waals surface area contributed by atoms with Gasteiger partial charge in [-0.1, -0.05) is 20.3 Å². The fourth-order valence-electron chi connectivity index (χ4n) is 2.67. The van der Waals surface area contributed by atoms with E-state index in [1.807, 2.05) is 0 Å². The molecule has 1 aromatic rings. The Bertz CT molecular complexity index is 723. The van der Waals surface area contributed by atoms with Crippen LogP contribution in [0.2, 0.25) is 0 Å². The van der Waals surface area contributed by atoms with Crippen LogP contribution in [0.3, 0.4) is 0 Å². The third kappa shape index (κ3) is 7.44. The van der Waals surface area contributed by atoms with Crippen LogP contribution in [-0.4, -0.2) is 74.6 Å². The van der Waals surface area contributed by atoms with E-state index in [0.717, 1.165) is 0 Å². The van der Waals surface area contributed by atoms with Crippen LogP contribution in [0.25, 0.3) is 0 Å². The Morgan fingerprint density at radius 3 is 2.23 bits per heavy atom. The van der Waals surface area contributed by atoms with Gasteiger partial charge in [-0.2, -0.15) is 0 Å². The molecule has 0 radical (unpaired) electrons. The zero-order valence-corrected chi connectivity index (χ0v) is 17.2. The van der Waals surface area contributed by atoms with Crippen molar-refractivity contribution in [3.63, 3.8) is 0 Å². The number of carboxylic acids is 1. The molecule has 8 N–H and O–H groups in total. The Hall–Kier alpha value is -2.99. The van der Waals surface area contributed by atoms with Crippen molar-refractivity contribution in [3.05, 3.63) is 18.2 Å². The Balaban J connectivity index is 3.01. The van der Waals surface area contributed by atoms with Gasteiger partial charge in [0.15, 0.2) is 6.04 Å². The van der Waals surface area contributed by atoms with E-state index < -0.39 is 47.9 Å². The number of aliphatic hydroxyl groups is 1. The molecule has 30 heavy (non-hydrogen) atoms. The topological polar surface area (TPSA) is 200 Å². The summed E-state index contributed by atoms with van der Waals surface area (Å²) < 4.78 is 0. The fourth-order valence-corrected chi connectivity index (χ4v) is 2.67. The number of aliphatic hydroxyl groups excluding tert-OH is 1. The number of carboxylic acid groups (broad SMARTS) is 1. The maximum absolute atomic E-state index is 12.9. The number of amides is 3. The van der Waals surface area contributed by atoms with Crippen molar-refractivity contribution in [2.24, 2.45) is 11.7 Å². The SMILES string of the molecule is CCC(C)C(NC(=O)C(Cc1cnc[nH]1)NC(=O)CN)C(=O)NC(C(=O)O)C(C)O. The average Bonchev–Trinajstić information content (AvgIpc) is 3.21. The molecule has 0 bridgehead atoms. The molecule has 0 saturated carbocycles. The van der Waals surface area contributed by atoms with Gasteiger partial charge in [-0.05, 0) is 12.8 Å². The summed E-state index contributed by atoms with van der Waals surface area (Å²) in [4.78, 5) is 55.3. The Kier molecular flexibility index (Phi) is 9.92. The number of nitrogens with zero attached hydrogens (tertiary/aromatic N) is 1. The van der Waals surface area contributed by atoms with Crippen molar-refractivity contribution < 1.29 is 29.4 Å². The van der Waals surface area contributed by atoms with Gasteiger partial charge in [0.05, 0.1) is 19.0 Å². The van der Waals surface area contributed by atoms with Gasteiger partial charge in [0.25, 0.3) is 0 Å². The van der Waals surface area contributed by atoms with Crippen molar-refractivity contribution in [3.8, 4) is 0 Å². The monoisotopic (exact) mass is 426 g/mol. The zero-order valence-electron chi connectivity index (χ0n) is 17.2. The lowest BCUT2D eigenvalue weighted by Gasteiger charge is -2.28. The molecule has 1 rings (SSSR count). The highest BCUT2D eigenvalue weighted by Gasteiger charge is 2.33. The predicted octanol–water partition coefficient (Wildman–Crippen LogP) is -2.12. The third-order valence-electron chi connectivity index (χ3n) is 4.66. The van der Waals surface area contributed by atoms with Gasteiger partial charge >= 0.3 is 5.97 Å². The number of H-pyrrole nitrogens is 1. The van der Waals surface area contributed by atoms with Gasteiger partial charge in [0.2, 0.25) is 17.7 Å². The minimum Gasteiger partial charge on any atom is -0.480 e. The van der Waals surface area contributed by atoms with Crippen LogP contribution in [0.15, 0.2) is 12.5 Å². The summed E-state index contributed by atoms with van der Waals surface area (Å²) in [7, 11) is 0. The lowest BCUT2D eigenvalue weighted by Crippen LogP contribution is -2.59. The molecule has 5 atom stereocenters. The van der Waals surface area contributed by atoms with E-state index in [4.69, 9.17) is 5.73 Å². The largest absolute Gasteiger partial charge is 0.480 e. The van der Waals surface area contributed by atoms with E-state index in [2.05, 4.69) is 25.9 Å². The molecule has 0 aliphatic heterocycles. The summed E-state index contributed by atoms with van der Waals surface area (Å²) in [6.45, 7) is 4.43. The average molecular weight is 426 g/mol. The Labute approximate surface area is 174 Å². The molecule has 168 valence electrons. The first kappa shape index (κ1) is 25.0. The van der Waals surface area contributed by atoms with Crippen molar-refractivity contribution in [1.29, 1.82) is 0 Å². The summed E-state index contributed by atoms with van der Waals surface area (Å²) in [6, 6.07) is -3.64. The Morgan fingerprint density at radius 1 is 1.13 bits per heavy atom. The summed E-state index contributed by atoms with van der Waals surface area (Å²) >= 11 is 0. The maximum Gasteiger partial charge on any atom is 0.328 e. The second-order valence-electron chi connectivity index (χ2n) is 7.04. The van der Waals surface area contributed by atoms with Crippen LogP contribution in [0.4, 0.5) is 0 Å². The first-order valence-electron chi connectivity index (χ1n) is 9.58. The van der Waals surface area contributed by atoms with Gasteiger partial charge in [-0.15, -0.1) is 0 Å². The number of hydrogen-bond donors (Lipinski definition) is 7. The van der Waals surface area contributed by atoms with Crippen molar-refractivity contribution >= 4 is 23.7 Å². The van der Waals surface area contributed by atoms with Gasteiger partial charge < -0.3 is 36.9 Å². The molecular formula is C18H30N6O6. The molecule has 0 fully saturated rings. The highest BCUT2D eigenvalue weighted by Crippen LogP contribution is 2.10. The van der Waals surface area contributed by atoms with E-state index in [0.29, 0.717) is 12.1 Å². The molecule has 0 saturated heterocycles. The number of aliphatic carboxylic acids is 1. The molecule has 0 aliphatic rings. The summed E-state index contributed by atoms with van der Waals surface area (Å²) in [5, 5.41) is 26.1. The molecule has 3 amide bonds. The number of aromatic nitrogens is 2. The smallest absolute Gasteiger partial charge is 0.328 e. The number of rotatable bonds is 12. The quantitative estimate of drug-likeness (QED) is 0.196. The minimum atomic E-state index is -1.53. The molecule has 0 aromatic carbocycles. The fraction of sp³-hybridized carbons (Fsp3) is 0.611. The lowest BCUT2D eigenvalue weighted by molar-refractivity contribution is -0.145. The number of hydrogen-bond acceptors (Lipinski definition) is 7. The van der Waals surface area contributed by atoms with Crippen LogP contribution in [0, 0.1) is 5.92 Å². The molecule has 12 nitrogen and oxygen atoms in total. The van der Waals surface area contributed by atoms with Crippen molar-refractivity contribution in [1.82, 2.24) is 25.9 Å². The number of carbonyl (C=O) groups is 4. The van der Waals surface area contributed by atoms with E-state index in [1.165, 1.54) is 19.4 Å². The van der Waals surface area contributed by atoms with E-state index >= 15 is 0 Å². The molecule has 1 aromatic heterocycles. The van der Waals surface area contributed by atoms with E-state index in [-0.39, 0.29) is 18.9 Å². The van der Waals surface area contributed by atoms with Gasteiger partial charge in [0.1, 0.15) is 12.1 Å². The molecule has 0 aliphatic carbocycles. The van der Waals surface area contributed by atoms with Gasteiger partial charge in [-0.25, -0.2) is 9.78 Å². The minimum absolute atomic E-state index is 0.0812. The molecular weight excluding hydrogens is 396 g/mol. The number of carbonyl (C=O) groups excluding carboxylic acids is 3. The van der Waals surface area contributed by atoms with Crippen LogP contribution in [0.5, 0.6) is 0 Å². The van der Waals surface area contributed by atoms with Crippen LogP contribution < -0.4 is 21.7 Å². The standard InChI is InChI=1S/C18H30N6O6/c1-4-9(2)14(17(28)24-15(10(3)25)18(29)30)23-16(27)12(22-13(26)6-19)5-11-7-20-8-21-11/h7-10,12,14-15,25H,4-6,19H2,1-3H3,(H,20,21)(H,22,26)(H,23,27)(H,24,28)(H,29,30). The van der Waals surface area contributed by atoms with Crippen LogP contribution >= 0.6 is 0 Å². The number of imidazole rings is 1. The van der Waals surface area contributed by atoms with Crippen LogP contribution in [0.1, 0.15) is 32.9 Å². The lowest BCUT2D eigenvalue weighted by atomic mass is 9.97. The highest BCUT2D eigenvalue weighted by molar-refractivity contribution is 5.94. The first-order valence-corrected chi connectivity index (χ1v) is 9.58. The Morgan fingerprint density at radius 2 is 1.77 bits per heavy atom. The highest BCUT2D eigenvalue weighted by atomic mass is 16.4. The maximum atomic E-state index is 12.9. The molecule has 12 heteroatoms. The second kappa shape index (κ2) is 11.9. The van der Waals surface area contributed by atoms with Gasteiger partial charge in [0, 0.05) is 18.3 Å². The summed E-state index contributed by atoms with van der Waals surface area (Å²) in [6.07, 6.45) is 2.17. The normalized spacial score (nSPS) is 15.9. The van der Waals surface area contributed by atoms with Crippen molar-refractivity contribution in [2.75, 3.05) is 6.54 Å². The predicted molar refractivity (Wildman–Crippen MR) is 106 cm³/mol. The summed E-state index contributed by atoms with van der Waals surface area (Å²) in [5.74, 6) is -3.71. The first-order chi connectivity index (χ1) is 14.1. The third-order valence-corrected chi connectivity index (χ3v) is 4.66. The van der Waals surface area contributed by atoms with E-state index in [9.17, 15) is 29.4 Å². The number of aromatic amines is 1. The number of nitrogens with two attached hydrogens (primary N) is 1. The molecule has 5 unspecified atom stereocenters. The molecule has 0 spiro atoms. The van der Waals surface area contributed by atoms with Crippen LogP contribution in [-0.2, 0) is 25.6 Å². The van der Waals surface area contributed by atoms with Crippen molar-refractivity contribution in [2.45, 2.75) is 57.8 Å².